The molecule has 3 heterocycles. The van der Waals surface area contributed by atoms with Gasteiger partial charge in [-0.3, -0.25) is 9.59 Å². The van der Waals surface area contributed by atoms with Gasteiger partial charge in [-0.15, -0.1) is 5.10 Å². The number of piperidine rings is 1. The molecular weight excluding hydrogens is 604 g/mol. The summed E-state index contributed by atoms with van der Waals surface area (Å²) in [4.78, 5) is 47.1. The van der Waals surface area contributed by atoms with Crippen LogP contribution in [-0.2, 0) is 25.4 Å². The Kier molecular flexibility index (Phi) is 12.6. The lowest BCUT2D eigenvalue weighted by Gasteiger charge is -2.44. The number of ether oxygens (including phenoxy) is 4. The molecule has 0 unspecified atom stereocenters. The Morgan fingerprint density at radius 3 is 2.34 bits per heavy atom. The third kappa shape index (κ3) is 9.66. The van der Waals surface area contributed by atoms with Gasteiger partial charge in [-0.1, -0.05) is 19.1 Å². The second-order valence-corrected chi connectivity index (χ2v) is 13.7. The number of amides is 3. The summed E-state index contributed by atoms with van der Waals surface area (Å²) in [5.74, 6) is 0.0286. The fourth-order valence-electron chi connectivity index (χ4n) is 6.08. The van der Waals surface area contributed by atoms with Gasteiger partial charge in [0.05, 0.1) is 43.7 Å². The third-order valence-electron chi connectivity index (χ3n) is 8.31. The molecule has 1 aromatic carbocycles. The van der Waals surface area contributed by atoms with E-state index in [0.717, 1.165) is 18.5 Å². The quantitative estimate of drug-likeness (QED) is 0.313. The van der Waals surface area contributed by atoms with Crippen molar-refractivity contribution in [2.24, 2.45) is 11.8 Å². The number of carbonyl (C=O) groups is 3. The SMILES string of the molecule is COCCCCc1c(C(=O)N(CC(C)C)[C@H]2C[C@@H](C(=O)N3CCOCC3)CN(C(=O)OC(C)(C)C)C2)nnn1-c1ccc(OC)cc1. The van der Waals surface area contributed by atoms with E-state index in [4.69, 9.17) is 18.9 Å². The van der Waals surface area contributed by atoms with Crippen molar-refractivity contribution >= 4 is 17.9 Å². The summed E-state index contributed by atoms with van der Waals surface area (Å²) >= 11 is 0. The lowest BCUT2D eigenvalue weighted by atomic mass is 9.91. The number of carbonyl (C=O) groups excluding carboxylic acids is 3. The Morgan fingerprint density at radius 2 is 1.72 bits per heavy atom. The van der Waals surface area contributed by atoms with Crippen molar-refractivity contribution in [3.63, 3.8) is 0 Å². The van der Waals surface area contributed by atoms with E-state index in [9.17, 15) is 14.4 Å². The summed E-state index contributed by atoms with van der Waals surface area (Å²) in [6.07, 6.45) is 2.07. The molecule has 4 rings (SSSR count). The number of nitrogens with zero attached hydrogens (tertiary/aromatic N) is 6. The standard InChI is InChI=1S/C34H52N6O7/c1-24(2)21-39(27-20-25(31(41)37-15-18-46-19-16-37)22-38(23-27)33(43)47-34(3,4)5)32(42)30-29(10-8-9-17-44-6)40(36-35-30)26-11-13-28(45-7)14-12-26/h11-14,24-25,27H,8-10,15-23H2,1-7H3/t25-,27+/m1/s1. The molecule has 13 heteroatoms. The Hall–Kier alpha value is -3.71. The number of aromatic nitrogens is 3. The summed E-state index contributed by atoms with van der Waals surface area (Å²) < 4.78 is 23.5. The Bertz CT molecular complexity index is 1330. The van der Waals surface area contributed by atoms with Gasteiger partial charge in [0.25, 0.3) is 5.91 Å². The molecule has 0 aliphatic carbocycles. The Morgan fingerprint density at radius 1 is 1.02 bits per heavy atom. The first kappa shape index (κ1) is 36.1. The largest absolute Gasteiger partial charge is 0.497 e. The molecule has 3 amide bonds. The number of unbranched alkanes of at least 4 members (excludes halogenated alkanes) is 1. The maximum absolute atomic E-state index is 14.6. The lowest BCUT2D eigenvalue weighted by molar-refractivity contribution is -0.142. The molecule has 0 spiro atoms. The van der Waals surface area contributed by atoms with E-state index in [1.165, 1.54) is 0 Å². The summed E-state index contributed by atoms with van der Waals surface area (Å²) in [5, 5.41) is 8.90. The van der Waals surface area contributed by atoms with Gasteiger partial charge in [-0.25, -0.2) is 9.48 Å². The third-order valence-corrected chi connectivity index (χ3v) is 8.31. The summed E-state index contributed by atoms with van der Waals surface area (Å²) in [6.45, 7) is 13.0. The zero-order valence-electron chi connectivity index (χ0n) is 29.1. The van der Waals surface area contributed by atoms with Crippen molar-refractivity contribution in [3.05, 3.63) is 35.7 Å². The Labute approximate surface area is 278 Å². The van der Waals surface area contributed by atoms with Crippen LogP contribution in [0.3, 0.4) is 0 Å². The van der Waals surface area contributed by atoms with Crippen LogP contribution in [0.5, 0.6) is 5.75 Å². The van der Waals surface area contributed by atoms with E-state index >= 15 is 0 Å². The van der Waals surface area contributed by atoms with Crippen molar-refractivity contribution in [3.8, 4) is 11.4 Å². The molecule has 13 nitrogen and oxygen atoms in total. The van der Waals surface area contributed by atoms with E-state index in [1.54, 1.807) is 33.6 Å². The molecule has 2 atom stereocenters. The van der Waals surface area contributed by atoms with E-state index in [1.807, 2.05) is 58.9 Å². The first-order valence-electron chi connectivity index (χ1n) is 16.6. The van der Waals surface area contributed by atoms with Gasteiger partial charge >= 0.3 is 6.09 Å². The molecule has 2 aliphatic rings. The minimum Gasteiger partial charge on any atom is -0.497 e. The second-order valence-electron chi connectivity index (χ2n) is 13.7. The van der Waals surface area contributed by atoms with Gasteiger partial charge in [0, 0.05) is 46.4 Å². The van der Waals surface area contributed by atoms with E-state index in [-0.39, 0.29) is 36.5 Å². The molecule has 0 N–H and O–H groups in total. The molecule has 2 saturated heterocycles. The molecular formula is C34H52N6O7. The molecule has 47 heavy (non-hydrogen) atoms. The average Bonchev–Trinajstić information content (AvgIpc) is 3.48. The molecule has 2 aliphatic heterocycles. The van der Waals surface area contributed by atoms with Gasteiger partial charge in [-0.05, 0) is 76.6 Å². The van der Waals surface area contributed by atoms with Crippen LogP contribution in [0.2, 0.25) is 0 Å². The highest BCUT2D eigenvalue weighted by molar-refractivity contribution is 5.94. The number of rotatable bonds is 12. The zero-order chi connectivity index (χ0) is 34.1. The number of hydrogen-bond acceptors (Lipinski definition) is 9. The fourth-order valence-corrected chi connectivity index (χ4v) is 6.08. The van der Waals surface area contributed by atoms with Crippen molar-refractivity contribution in [1.29, 1.82) is 0 Å². The maximum Gasteiger partial charge on any atom is 0.410 e. The lowest BCUT2D eigenvalue weighted by Crippen LogP contribution is -2.58. The summed E-state index contributed by atoms with van der Waals surface area (Å²) in [7, 11) is 3.28. The molecule has 2 aromatic rings. The van der Waals surface area contributed by atoms with Crippen molar-refractivity contribution in [2.75, 3.05) is 66.8 Å². The molecule has 2 fully saturated rings. The Balaban J connectivity index is 1.69. The van der Waals surface area contributed by atoms with Crippen molar-refractivity contribution in [2.45, 2.75) is 71.9 Å². The molecule has 0 radical (unpaired) electrons. The van der Waals surface area contributed by atoms with Crippen LogP contribution in [-0.4, -0.2) is 126 Å². The summed E-state index contributed by atoms with van der Waals surface area (Å²) in [5.41, 5.74) is 1.02. The van der Waals surface area contributed by atoms with Gasteiger partial charge in [-0.2, -0.15) is 0 Å². The number of methoxy groups -OCH3 is 2. The van der Waals surface area contributed by atoms with E-state index < -0.39 is 23.7 Å². The van der Waals surface area contributed by atoms with Crippen LogP contribution in [0.1, 0.15) is 70.1 Å². The predicted molar refractivity (Wildman–Crippen MR) is 176 cm³/mol. The molecule has 0 saturated carbocycles. The van der Waals surface area contributed by atoms with Gasteiger partial charge < -0.3 is 33.6 Å². The van der Waals surface area contributed by atoms with Gasteiger partial charge in [0.15, 0.2) is 5.69 Å². The minimum absolute atomic E-state index is 0.0345. The van der Waals surface area contributed by atoms with Crippen LogP contribution in [0.4, 0.5) is 4.79 Å². The molecule has 260 valence electrons. The smallest absolute Gasteiger partial charge is 0.410 e. The highest BCUT2D eigenvalue weighted by Crippen LogP contribution is 2.28. The summed E-state index contributed by atoms with van der Waals surface area (Å²) in [6, 6.07) is 7.02. The van der Waals surface area contributed by atoms with Crippen LogP contribution in [0.15, 0.2) is 24.3 Å². The van der Waals surface area contributed by atoms with Gasteiger partial charge in [0.2, 0.25) is 5.91 Å². The van der Waals surface area contributed by atoms with Crippen LogP contribution < -0.4 is 4.74 Å². The van der Waals surface area contributed by atoms with Crippen molar-refractivity contribution < 1.29 is 33.3 Å². The van der Waals surface area contributed by atoms with Crippen LogP contribution in [0.25, 0.3) is 5.69 Å². The molecule has 1 aromatic heterocycles. The number of morpholine rings is 1. The predicted octanol–water partition coefficient (Wildman–Crippen LogP) is 3.83. The first-order valence-corrected chi connectivity index (χ1v) is 16.6. The highest BCUT2D eigenvalue weighted by atomic mass is 16.6. The number of benzene rings is 1. The average molecular weight is 657 g/mol. The van der Waals surface area contributed by atoms with E-state index in [0.29, 0.717) is 63.7 Å². The normalized spacial score (nSPS) is 18.7. The van der Waals surface area contributed by atoms with Gasteiger partial charge in [0.1, 0.15) is 11.4 Å². The number of hydrogen-bond donors (Lipinski definition) is 0. The monoisotopic (exact) mass is 656 g/mol. The second kappa shape index (κ2) is 16.4. The minimum atomic E-state index is -0.709. The maximum atomic E-state index is 14.6. The highest BCUT2D eigenvalue weighted by Gasteiger charge is 2.42. The van der Waals surface area contributed by atoms with Crippen molar-refractivity contribution in [1.82, 2.24) is 29.7 Å². The zero-order valence-corrected chi connectivity index (χ0v) is 29.1. The fraction of sp³-hybridized carbons (Fsp3) is 0.676. The topological polar surface area (TPSA) is 129 Å². The first-order chi connectivity index (χ1) is 22.4. The van der Waals surface area contributed by atoms with E-state index in [2.05, 4.69) is 10.3 Å². The van der Waals surface area contributed by atoms with Crippen LogP contribution in [0, 0.1) is 11.8 Å². The number of likely N-dealkylation sites (tertiary alicyclic amines) is 1. The van der Waals surface area contributed by atoms with Crippen LogP contribution >= 0.6 is 0 Å². The molecule has 0 bridgehead atoms.